The molecule has 0 saturated carbocycles. The number of hydrogen-bond acceptors (Lipinski definition) is 3. The molecule has 4 nitrogen and oxygen atoms in total. The molecule has 3 aromatic rings. The van der Waals surface area contributed by atoms with Crippen molar-refractivity contribution in [2.24, 2.45) is 0 Å². The van der Waals surface area contributed by atoms with Gasteiger partial charge >= 0.3 is 0 Å². The molecule has 0 heterocycles. The fraction of sp³-hybridized carbons (Fsp3) is 0.154. The van der Waals surface area contributed by atoms with Gasteiger partial charge in [-0.05, 0) is 59.9 Å². The summed E-state index contributed by atoms with van der Waals surface area (Å²) in [4.78, 5) is 12.4. The van der Waals surface area contributed by atoms with Gasteiger partial charge in [-0.15, -0.1) is 0 Å². The topological polar surface area (TPSA) is 62.1 Å². The molecule has 0 aromatic heterocycles. The van der Waals surface area contributed by atoms with Crippen LogP contribution in [0.4, 0.5) is 4.39 Å². The minimum Gasteiger partial charge on any atom is -0.486 e. The molecule has 0 aliphatic carbocycles. The Labute approximate surface area is 202 Å². The number of nitrogens with one attached hydrogen (secondary N) is 1. The number of nitrogens with zero attached hydrogens (tertiary/aromatic N) is 1. The minimum absolute atomic E-state index is 0.0599. The van der Waals surface area contributed by atoms with Crippen LogP contribution in [0.3, 0.4) is 0 Å². The zero-order valence-corrected chi connectivity index (χ0v) is 19.2. The number of hydrogen-bond donors (Lipinski definition) is 1. The van der Waals surface area contributed by atoms with Gasteiger partial charge in [-0.25, -0.2) is 4.39 Å². The summed E-state index contributed by atoms with van der Waals surface area (Å²) < 4.78 is 19.0. The number of rotatable bonds is 9. The summed E-state index contributed by atoms with van der Waals surface area (Å²) in [6.07, 6.45) is 3.00. The maximum absolute atomic E-state index is 13.3. The lowest BCUT2D eigenvalue weighted by Crippen LogP contribution is -2.25. The van der Waals surface area contributed by atoms with Gasteiger partial charge in [0.15, 0.2) is 5.75 Å². The van der Waals surface area contributed by atoms with Gasteiger partial charge in [0.1, 0.15) is 24.1 Å². The van der Waals surface area contributed by atoms with E-state index in [0.717, 1.165) is 12.8 Å². The van der Waals surface area contributed by atoms with Gasteiger partial charge in [-0.2, -0.15) is 5.26 Å². The second-order valence-corrected chi connectivity index (χ2v) is 8.06. The molecule has 0 unspecified atom stereocenters. The normalized spacial score (nSPS) is 11.0. The van der Waals surface area contributed by atoms with Crippen molar-refractivity contribution in [3.8, 4) is 11.8 Å². The Bertz CT molecular complexity index is 1170. The van der Waals surface area contributed by atoms with E-state index in [-0.39, 0.29) is 33.8 Å². The Morgan fingerprint density at radius 2 is 1.73 bits per heavy atom. The first-order valence-corrected chi connectivity index (χ1v) is 11.0. The van der Waals surface area contributed by atoms with Crippen molar-refractivity contribution in [2.45, 2.75) is 19.4 Å². The van der Waals surface area contributed by atoms with E-state index in [1.54, 1.807) is 24.3 Å². The van der Waals surface area contributed by atoms with Gasteiger partial charge in [0.25, 0.3) is 5.91 Å². The summed E-state index contributed by atoms with van der Waals surface area (Å²) in [7, 11) is 0. The standard InChI is InChI=1S/C26H21Cl2FN2O2/c27-23-14-20(15-24(28)25(23)33-17-19-8-4-10-22(29)13-19)12-21(16-30)26(32)31-11-5-9-18-6-2-1-3-7-18/h1-4,6-8,10,12-15H,5,9,11,17H2,(H,31,32)/b21-12-. The number of benzene rings is 3. The van der Waals surface area contributed by atoms with Crippen LogP contribution in [0.5, 0.6) is 5.75 Å². The highest BCUT2D eigenvalue weighted by atomic mass is 35.5. The smallest absolute Gasteiger partial charge is 0.261 e. The molecule has 0 radical (unpaired) electrons. The lowest BCUT2D eigenvalue weighted by molar-refractivity contribution is -0.117. The number of amides is 1. The predicted molar refractivity (Wildman–Crippen MR) is 129 cm³/mol. The van der Waals surface area contributed by atoms with Crippen molar-refractivity contribution in [1.82, 2.24) is 5.32 Å². The number of carbonyl (C=O) groups is 1. The zero-order chi connectivity index (χ0) is 23.6. The Balaban J connectivity index is 1.61. The average Bonchev–Trinajstić information content (AvgIpc) is 2.80. The van der Waals surface area contributed by atoms with E-state index < -0.39 is 5.91 Å². The number of halogens is 3. The van der Waals surface area contributed by atoms with Crippen molar-refractivity contribution in [3.63, 3.8) is 0 Å². The highest BCUT2D eigenvalue weighted by Gasteiger charge is 2.13. The summed E-state index contributed by atoms with van der Waals surface area (Å²) in [5.74, 6) is -0.594. The monoisotopic (exact) mass is 482 g/mol. The first kappa shape index (κ1) is 24.3. The summed E-state index contributed by atoms with van der Waals surface area (Å²) in [5.41, 5.74) is 2.24. The van der Waals surface area contributed by atoms with Crippen LogP contribution in [0.2, 0.25) is 10.0 Å². The molecule has 33 heavy (non-hydrogen) atoms. The number of ether oxygens (including phenoxy) is 1. The molecule has 0 saturated heterocycles. The lowest BCUT2D eigenvalue weighted by Gasteiger charge is -2.11. The van der Waals surface area contributed by atoms with Crippen molar-refractivity contribution < 1.29 is 13.9 Å². The Morgan fingerprint density at radius 1 is 1.03 bits per heavy atom. The fourth-order valence-corrected chi connectivity index (χ4v) is 3.75. The van der Waals surface area contributed by atoms with E-state index in [0.29, 0.717) is 17.7 Å². The predicted octanol–water partition coefficient (Wildman–Crippen LogP) is 6.37. The van der Waals surface area contributed by atoms with Crippen molar-refractivity contribution in [1.29, 1.82) is 5.26 Å². The van der Waals surface area contributed by atoms with Gasteiger partial charge in [0.2, 0.25) is 0 Å². The molecule has 7 heteroatoms. The second-order valence-electron chi connectivity index (χ2n) is 7.25. The number of nitriles is 1. The molecule has 0 spiro atoms. The van der Waals surface area contributed by atoms with E-state index in [9.17, 15) is 14.4 Å². The molecule has 0 fully saturated rings. The van der Waals surface area contributed by atoms with Gasteiger partial charge in [0.05, 0.1) is 10.0 Å². The number of aryl methyl sites for hydroxylation is 1. The molecule has 0 aliphatic heterocycles. The SMILES string of the molecule is N#C/C(=C/c1cc(Cl)c(OCc2cccc(F)c2)c(Cl)c1)C(=O)NCCCc1ccccc1. The first-order chi connectivity index (χ1) is 16.0. The summed E-state index contributed by atoms with van der Waals surface area (Å²) in [6.45, 7) is 0.530. The fourth-order valence-electron chi connectivity index (χ4n) is 3.13. The number of carbonyl (C=O) groups excluding carboxylic acids is 1. The van der Waals surface area contributed by atoms with Gasteiger partial charge in [-0.3, -0.25) is 4.79 Å². The van der Waals surface area contributed by atoms with Crippen LogP contribution in [0.1, 0.15) is 23.1 Å². The van der Waals surface area contributed by atoms with Crippen molar-refractivity contribution in [2.75, 3.05) is 6.54 Å². The van der Waals surface area contributed by atoms with E-state index >= 15 is 0 Å². The summed E-state index contributed by atoms with van der Waals surface area (Å²) >= 11 is 12.6. The van der Waals surface area contributed by atoms with Crippen LogP contribution < -0.4 is 10.1 Å². The molecular formula is C26H21Cl2FN2O2. The van der Waals surface area contributed by atoms with Gasteiger partial charge in [-0.1, -0.05) is 65.7 Å². The first-order valence-electron chi connectivity index (χ1n) is 10.3. The van der Waals surface area contributed by atoms with Crippen molar-refractivity contribution >= 4 is 35.2 Å². The highest BCUT2D eigenvalue weighted by Crippen LogP contribution is 2.35. The molecule has 1 N–H and O–H groups in total. The molecule has 0 aliphatic rings. The summed E-state index contributed by atoms with van der Waals surface area (Å²) in [6, 6.07) is 21.0. The zero-order valence-electron chi connectivity index (χ0n) is 17.7. The minimum atomic E-state index is -0.468. The highest BCUT2D eigenvalue weighted by molar-refractivity contribution is 6.37. The van der Waals surface area contributed by atoms with Crippen LogP contribution in [-0.2, 0) is 17.8 Å². The third-order valence-corrected chi connectivity index (χ3v) is 5.30. The van der Waals surface area contributed by atoms with E-state index in [1.807, 2.05) is 36.4 Å². The molecule has 3 aromatic carbocycles. The molecule has 168 valence electrons. The Kier molecular flexibility index (Phi) is 8.88. The van der Waals surface area contributed by atoms with Crippen molar-refractivity contribution in [3.05, 3.63) is 105 Å². The van der Waals surface area contributed by atoms with E-state index in [4.69, 9.17) is 27.9 Å². The molecule has 0 bridgehead atoms. The van der Waals surface area contributed by atoms with E-state index in [2.05, 4.69) is 5.32 Å². The van der Waals surface area contributed by atoms with Crippen LogP contribution in [0.25, 0.3) is 6.08 Å². The van der Waals surface area contributed by atoms with E-state index in [1.165, 1.54) is 23.8 Å². The molecule has 3 rings (SSSR count). The third kappa shape index (κ3) is 7.35. The lowest BCUT2D eigenvalue weighted by atomic mass is 10.1. The average molecular weight is 483 g/mol. The molecule has 0 atom stereocenters. The Morgan fingerprint density at radius 3 is 2.39 bits per heavy atom. The Hall–Kier alpha value is -3.33. The third-order valence-electron chi connectivity index (χ3n) is 4.74. The van der Waals surface area contributed by atoms with Crippen LogP contribution in [0.15, 0.2) is 72.3 Å². The molecular weight excluding hydrogens is 462 g/mol. The maximum atomic E-state index is 13.3. The molecule has 1 amide bonds. The van der Waals surface area contributed by atoms with Crippen LogP contribution >= 0.6 is 23.2 Å². The summed E-state index contributed by atoms with van der Waals surface area (Å²) in [5, 5.41) is 12.6. The van der Waals surface area contributed by atoms with Gasteiger partial charge < -0.3 is 10.1 Å². The largest absolute Gasteiger partial charge is 0.486 e. The van der Waals surface area contributed by atoms with Gasteiger partial charge in [0, 0.05) is 6.54 Å². The maximum Gasteiger partial charge on any atom is 0.261 e. The quantitative estimate of drug-likeness (QED) is 0.219. The second kappa shape index (κ2) is 12.1. The van der Waals surface area contributed by atoms with Crippen LogP contribution in [-0.4, -0.2) is 12.5 Å². The van der Waals surface area contributed by atoms with Crippen LogP contribution in [0, 0.1) is 17.1 Å².